The highest BCUT2D eigenvalue weighted by atomic mass is 79.9. The molecule has 4 heteroatoms. The molecule has 0 atom stereocenters. The number of pyridine rings is 1. The zero-order valence-corrected chi connectivity index (χ0v) is 12.2. The predicted octanol–water partition coefficient (Wildman–Crippen LogP) is 5.02. The molecular weight excluding hydrogens is 300 g/mol. The van der Waals surface area contributed by atoms with Crippen molar-refractivity contribution in [2.75, 3.05) is 5.32 Å². The number of nitrogens with zero attached hydrogens (tertiary/aromatic N) is 1. The van der Waals surface area contributed by atoms with Crippen molar-refractivity contribution in [3.05, 3.63) is 21.9 Å². The summed E-state index contributed by atoms with van der Waals surface area (Å²) in [5.74, 6) is 0. The van der Waals surface area contributed by atoms with Crippen molar-refractivity contribution in [2.45, 2.75) is 51.0 Å². The molecular formula is C13H18BrClN2. The minimum Gasteiger partial charge on any atom is -0.380 e. The largest absolute Gasteiger partial charge is 0.380 e. The normalized spacial score (nSPS) is 18.5. The number of hydrogen-bond donors (Lipinski definition) is 1. The molecule has 94 valence electrons. The van der Waals surface area contributed by atoms with Crippen LogP contribution in [0.25, 0.3) is 0 Å². The molecule has 0 amide bonds. The third kappa shape index (κ3) is 4.14. The average molecular weight is 318 g/mol. The summed E-state index contributed by atoms with van der Waals surface area (Å²) in [6, 6.07) is 2.55. The second-order valence-electron chi connectivity index (χ2n) is 4.68. The molecule has 1 saturated carbocycles. The van der Waals surface area contributed by atoms with E-state index in [4.69, 9.17) is 11.6 Å². The lowest BCUT2D eigenvalue weighted by Gasteiger charge is -2.22. The minimum absolute atomic E-state index is 0.545. The molecule has 2 nitrogen and oxygen atoms in total. The molecule has 0 spiro atoms. The van der Waals surface area contributed by atoms with Gasteiger partial charge in [0.2, 0.25) is 0 Å². The van der Waals surface area contributed by atoms with Gasteiger partial charge in [0.05, 0.1) is 5.69 Å². The third-order valence-corrected chi connectivity index (χ3v) is 4.01. The van der Waals surface area contributed by atoms with Gasteiger partial charge in [-0.05, 0) is 34.8 Å². The van der Waals surface area contributed by atoms with Gasteiger partial charge in [0.15, 0.2) is 5.15 Å². The quantitative estimate of drug-likeness (QED) is 0.774. The first kappa shape index (κ1) is 13.2. The fourth-order valence-corrected chi connectivity index (χ4v) is 2.83. The molecule has 1 aromatic rings. The van der Waals surface area contributed by atoms with Crippen LogP contribution in [0.5, 0.6) is 0 Å². The van der Waals surface area contributed by atoms with E-state index in [0.29, 0.717) is 11.2 Å². The molecule has 0 radical (unpaired) electrons. The molecule has 1 aliphatic rings. The molecule has 2 rings (SSSR count). The number of rotatable bonds is 2. The predicted molar refractivity (Wildman–Crippen MR) is 76.7 cm³/mol. The number of halogens is 2. The van der Waals surface area contributed by atoms with Crippen LogP contribution in [0.4, 0.5) is 5.69 Å². The Bertz CT molecular complexity index is 362. The van der Waals surface area contributed by atoms with Gasteiger partial charge in [-0.2, -0.15) is 0 Å². The van der Waals surface area contributed by atoms with Gasteiger partial charge in [-0.1, -0.05) is 43.7 Å². The lowest BCUT2D eigenvalue weighted by molar-refractivity contribution is 0.471. The van der Waals surface area contributed by atoms with Crippen molar-refractivity contribution in [1.82, 2.24) is 4.98 Å². The Kier molecular flexibility index (Phi) is 5.11. The fraction of sp³-hybridized carbons (Fsp3) is 0.615. The summed E-state index contributed by atoms with van der Waals surface area (Å²) >= 11 is 9.52. The Morgan fingerprint density at radius 3 is 2.53 bits per heavy atom. The Morgan fingerprint density at radius 1 is 1.18 bits per heavy atom. The van der Waals surface area contributed by atoms with E-state index in [1.54, 1.807) is 6.20 Å². The van der Waals surface area contributed by atoms with Crippen molar-refractivity contribution in [2.24, 2.45) is 0 Å². The van der Waals surface area contributed by atoms with E-state index in [9.17, 15) is 0 Å². The molecule has 1 N–H and O–H groups in total. The van der Waals surface area contributed by atoms with Crippen molar-refractivity contribution in [3.8, 4) is 0 Å². The molecule has 0 unspecified atom stereocenters. The van der Waals surface area contributed by atoms with Crippen LogP contribution in [0, 0.1) is 0 Å². The third-order valence-electron chi connectivity index (χ3n) is 3.27. The number of nitrogens with one attached hydrogen (secondary N) is 1. The molecule has 0 bridgehead atoms. The summed E-state index contributed by atoms with van der Waals surface area (Å²) in [4.78, 5) is 4.14. The summed E-state index contributed by atoms with van der Waals surface area (Å²) in [6.07, 6.45) is 11.0. The first-order valence-electron chi connectivity index (χ1n) is 6.33. The number of hydrogen-bond acceptors (Lipinski definition) is 2. The van der Waals surface area contributed by atoms with Gasteiger partial charge in [0, 0.05) is 16.7 Å². The molecule has 0 aromatic carbocycles. The van der Waals surface area contributed by atoms with E-state index in [-0.39, 0.29) is 0 Å². The van der Waals surface area contributed by atoms with E-state index in [1.165, 1.54) is 44.9 Å². The van der Waals surface area contributed by atoms with Crippen molar-refractivity contribution < 1.29 is 0 Å². The lowest BCUT2D eigenvalue weighted by Crippen LogP contribution is -2.20. The van der Waals surface area contributed by atoms with Gasteiger partial charge >= 0.3 is 0 Å². The molecule has 1 heterocycles. The monoisotopic (exact) mass is 316 g/mol. The average Bonchev–Trinajstić information content (AvgIpc) is 2.27. The van der Waals surface area contributed by atoms with Gasteiger partial charge in [-0.3, -0.25) is 0 Å². The Balaban J connectivity index is 2.00. The van der Waals surface area contributed by atoms with Crippen LogP contribution in [0.15, 0.2) is 16.7 Å². The van der Waals surface area contributed by atoms with Crippen LogP contribution in [-0.2, 0) is 0 Å². The first-order valence-corrected chi connectivity index (χ1v) is 7.50. The topological polar surface area (TPSA) is 24.9 Å². The van der Waals surface area contributed by atoms with E-state index in [2.05, 4.69) is 26.2 Å². The molecule has 1 aromatic heterocycles. The molecule has 1 aliphatic carbocycles. The summed E-state index contributed by atoms with van der Waals surface area (Å²) < 4.78 is 0.968. The van der Waals surface area contributed by atoms with E-state index in [0.717, 1.165) is 10.2 Å². The second-order valence-corrected chi connectivity index (χ2v) is 5.95. The summed E-state index contributed by atoms with van der Waals surface area (Å²) in [5, 5.41) is 4.10. The van der Waals surface area contributed by atoms with Gasteiger partial charge < -0.3 is 5.32 Å². The maximum atomic E-state index is 6.09. The van der Waals surface area contributed by atoms with E-state index in [1.807, 2.05) is 6.07 Å². The Morgan fingerprint density at radius 2 is 1.82 bits per heavy atom. The van der Waals surface area contributed by atoms with Crippen LogP contribution in [0.1, 0.15) is 44.9 Å². The maximum absolute atomic E-state index is 6.09. The van der Waals surface area contributed by atoms with Crippen LogP contribution in [0.2, 0.25) is 5.15 Å². The van der Waals surface area contributed by atoms with Gasteiger partial charge in [-0.25, -0.2) is 4.98 Å². The SMILES string of the molecule is Clc1ncc(Br)cc1NC1CCCCCCC1. The standard InChI is InChI=1S/C13H18BrClN2/c14-10-8-12(13(15)16-9-10)17-11-6-4-2-1-3-5-7-11/h8-9,11,17H,1-7H2. The van der Waals surface area contributed by atoms with Gasteiger partial charge in [0.1, 0.15) is 0 Å². The van der Waals surface area contributed by atoms with Crippen LogP contribution in [-0.4, -0.2) is 11.0 Å². The van der Waals surface area contributed by atoms with Crippen molar-refractivity contribution >= 4 is 33.2 Å². The number of anilines is 1. The summed E-state index contributed by atoms with van der Waals surface area (Å²) in [6.45, 7) is 0. The van der Waals surface area contributed by atoms with Crippen molar-refractivity contribution in [1.29, 1.82) is 0 Å². The maximum Gasteiger partial charge on any atom is 0.152 e. The van der Waals surface area contributed by atoms with Gasteiger partial charge in [0.25, 0.3) is 0 Å². The number of aromatic nitrogens is 1. The minimum atomic E-state index is 0.545. The van der Waals surface area contributed by atoms with Crippen LogP contribution < -0.4 is 5.32 Å². The highest BCUT2D eigenvalue weighted by molar-refractivity contribution is 9.10. The molecule has 1 fully saturated rings. The Labute approximate surface area is 116 Å². The smallest absolute Gasteiger partial charge is 0.152 e. The second kappa shape index (κ2) is 6.60. The zero-order valence-electron chi connectivity index (χ0n) is 9.88. The highest BCUT2D eigenvalue weighted by Gasteiger charge is 2.13. The van der Waals surface area contributed by atoms with Crippen molar-refractivity contribution in [3.63, 3.8) is 0 Å². The van der Waals surface area contributed by atoms with E-state index >= 15 is 0 Å². The summed E-state index contributed by atoms with van der Waals surface area (Å²) in [5.41, 5.74) is 0.951. The zero-order chi connectivity index (χ0) is 12.1. The molecule has 0 aliphatic heterocycles. The first-order chi connectivity index (χ1) is 8.25. The lowest BCUT2D eigenvalue weighted by atomic mass is 9.96. The summed E-state index contributed by atoms with van der Waals surface area (Å²) in [7, 11) is 0. The fourth-order valence-electron chi connectivity index (χ4n) is 2.34. The highest BCUT2D eigenvalue weighted by Crippen LogP contribution is 2.26. The van der Waals surface area contributed by atoms with Crippen LogP contribution in [0.3, 0.4) is 0 Å². The molecule has 17 heavy (non-hydrogen) atoms. The van der Waals surface area contributed by atoms with E-state index < -0.39 is 0 Å². The molecule has 0 saturated heterocycles. The van der Waals surface area contributed by atoms with Crippen LogP contribution >= 0.6 is 27.5 Å². The van der Waals surface area contributed by atoms with Gasteiger partial charge in [-0.15, -0.1) is 0 Å². The Hall–Kier alpha value is -0.280.